The fourth-order valence-electron chi connectivity index (χ4n) is 2.74. The average Bonchev–Trinajstić information content (AvgIpc) is 2.99. The summed E-state index contributed by atoms with van der Waals surface area (Å²) in [6.45, 7) is 2.54. The molecule has 1 aromatic heterocycles. The van der Waals surface area contributed by atoms with Crippen LogP contribution in [0.4, 0.5) is 0 Å². The SMILES string of the molecule is Cc1cc2cc(CCNC(=O)CNC(=O)c3ccccc3)ccc2[nH]1. The molecule has 3 N–H and O–H groups in total. The first kappa shape index (κ1) is 16.8. The third-order valence-electron chi connectivity index (χ3n) is 4.00. The highest BCUT2D eigenvalue weighted by Gasteiger charge is 2.07. The highest BCUT2D eigenvalue weighted by atomic mass is 16.2. The summed E-state index contributed by atoms with van der Waals surface area (Å²) in [6.07, 6.45) is 0.749. The lowest BCUT2D eigenvalue weighted by Crippen LogP contribution is -2.37. The topological polar surface area (TPSA) is 74.0 Å². The Morgan fingerprint density at radius 3 is 2.60 bits per heavy atom. The van der Waals surface area contributed by atoms with E-state index in [0.29, 0.717) is 12.1 Å². The van der Waals surface area contributed by atoms with Crippen molar-refractivity contribution in [3.8, 4) is 0 Å². The summed E-state index contributed by atoms with van der Waals surface area (Å²) in [6, 6.07) is 17.2. The predicted molar refractivity (Wildman–Crippen MR) is 98.5 cm³/mol. The molecule has 2 amide bonds. The first-order valence-electron chi connectivity index (χ1n) is 8.30. The summed E-state index contributed by atoms with van der Waals surface area (Å²) >= 11 is 0. The van der Waals surface area contributed by atoms with Crippen LogP contribution >= 0.6 is 0 Å². The summed E-state index contributed by atoms with van der Waals surface area (Å²) in [5, 5.41) is 6.63. The van der Waals surface area contributed by atoms with Crippen LogP contribution in [0.5, 0.6) is 0 Å². The standard InChI is InChI=1S/C20H21N3O2/c1-14-11-17-12-15(7-8-18(17)23-14)9-10-21-19(24)13-22-20(25)16-5-3-2-4-6-16/h2-8,11-12,23H,9-10,13H2,1H3,(H,21,24)(H,22,25). The van der Waals surface area contributed by atoms with Crippen LogP contribution in [0.3, 0.4) is 0 Å². The quantitative estimate of drug-likeness (QED) is 0.648. The van der Waals surface area contributed by atoms with Gasteiger partial charge in [-0.1, -0.05) is 24.3 Å². The van der Waals surface area contributed by atoms with E-state index < -0.39 is 0 Å². The van der Waals surface area contributed by atoms with E-state index in [9.17, 15) is 9.59 Å². The zero-order chi connectivity index (χ0) is 17.6. The highest BCUT2D eigenvalue weighted by molar-refractivity contribution is 5.96. The zero-order valence-corrected chi connectivity index (χ0v) is 14.1. The van der Waals surface area contributed by atoms with E-state index in [1.54, 1.807) is 24.3 Å². The van der Waals surface area contributed by atoms with Crippen molar-refractivity contribution < 1.29 is 9.59 Å². The van der Waals surface area contributed by atoms with Crippen LogP contribution in [0.15, 0.2) is 54.6 Å². The molecule has 0 aliphatic carbocycles. The minimum absolute atomic E-state index is 0.0240. The van der Waals surface area contributed by atoms with E-state index in [-0.39, 0.29) is 18.4 Å². The van der Waals surface area contributed by atoms with Crippen LogP contribution in [-0.4, -0.2) is 29.9 Å². The number of H-pyrrole nitrogens is 1. The molecule has 0 aliphatic heterocycles. The van der Waals surface area contributed by atoms with Crippen molar-refractivity contribution in [2.75, 3.05) is 13.1 Å². The van der Waals surface area contributed by atoms with Gasteiger partial charge in [0.15, 0.2) is 0 Å². The van der Waals surface area contributed by atoms with E-state index in [1.807, 2.05) is 13.0 Å². The van der Waals surface area contributed by atoms with E-state index in [1.165, 1.54) is 10.9 Å². The van der Waals surface area contributed by atoms with Gasteiger partial charge in [0.2, 0.25) is 5.91 Å². The number of benzene rings is 2. The number of nitrogens with one attached hydrogen (secondary N) is 3. The van der Waals surface area contributed by atoms with Crippen molar-refractivity contribution in [1.82, 2.24) is 15.6 Å². The number of carbonyl (C=O) groups excluding carboxylic acids is 2. The number of aromatic amines is 1. The van der Waals surface area contributed by atoms with Gasteiger partial charge in [0.05, 0.1) is 6.54 Å². The Kier molecular flexibility index (Phi) is 5.14. The smallest absolute Gasteiger partial charge is 0.251 e. The Labute approximate surface area is 146 Å². The third-order valence-corrected chi connectivity index (χ3v) is 4.00. The van der Waals surface area contributed by atoms with Gasteiger partial charge in [-0.2, -0.15) is 0 Å². The molecule has 0 aliphatic rings. The van der Waals surface area contributed by atoms with Crippen molar-refractivity contribution in [2.45, 2.75) is 13.3 Å². The number of fused-ring (bicyclic) bond motifs is 1. The van der Waals surface area contributed by atoms with Gasteiger partial charge in [-0.05, 0) is 54.6 Å². The molecule has 0 radical (unpaired) electrons. The summed E-state index contributed by atoms with van der Waals surface area (Å²) in [5.74, 6) is -0.438. The molecule has 128 valence electrons. The van der Waals surface area contributed by atoms with Crippen molar-refractivity contribution in [2.24, 2.45) is 0 Å². The fraction of sp³-hybridized carbons (Fsp3) is 0.200. The second kappa shape index (κ2) is 7.66. The van der Waals surface area contributed by atoms with Crippen LogP contribution in [0.2, 0.25) is 0 Å². The molecule has 0 bridgehead atoms. The Hall–Kier alpha value is -3.08. The first-order chi connectivity index (χ1) is 12.1. The van der Waals surface area contributed by atoms with Gasteiger partial charge < -0.3 is 15.6 Å². The number of hydrogen-bond acceptors (Lipinski definition) is 2. The molecule has 3 rings (SSSR count). The maximum Gasteiger partial charge on any atom is 0.251 e. The van der Waals surface area contributed by atoms with Gasteiger partial charge in [0.25, 0.3) is 5.91 Å². The molecular formula is C20H21N3O2. The molecule has 5 heteroatoms. The molecule has 0 spiro atoms. The molecule has 5 nitrogen and oxygen atoms in total. The normalized spacial score (nSPS) is 10.6. The van der Waals surface area contributed by atoms with Crippen molar-refractivity contribution in [3.05, 3.63) is 71.4 Å². The van der Waals surface area contributed by atoms with E-state index in [2.05, 4.69) is 39.9 Å². The van der Waals surface area contributed by atoms with Gasteiger partial charge in [-0.25, -0.2) is 0 Å². The van der Waals surface area contributed by atoms with Crippen LogP contribution in [0.25, 0.3) is 10.9 Å². The Balaban J connectivity index is 1.43. The van der Waals surface area contributed by atoms with Crippen LogP contribution < -0.4 is 10.6 Å². The summed E-state index contributed by atoms with van der Waals surface area (Å²) < 4.78 is 0. The monoisotopic (exact) mass is 335 g/mol. The number of hydrogen-bond donors (Lipinski definition) is 3. The van der Waals surface area contributed by atoms with Crippen molar-refractivity contribution in [1.29, 1.82) is 0 Å². The number of carbonyl (C=O) groups is 2. The molecular weight excluding hydrogens is 314 g/mol. The number of aryl methyl sites for hydroxylation is 1. The molecule has 1 heterocycles. The highest BCUT2D eigenvalue weighted by Crippen LogP contribution is 2.16. The van der Waals surface area contributed by atoms with Gasteiger partial charge in [0, 0.05) is 23.3 Å². The summed E-state index contributed by atoms with van der Waals surface area (Å²) in [5.41, 5.74) is 3.97. The molecule has 0 atom stereocenters. The fourth-order valence-corrected chi connectivity index (χ4v) is 2.74. The Morgan fingerprint density at radius 1 is 1.00 bits per heavy atom. The second-order valence-electron chi connectivity index (χ2n) is 6.02. The summed E-state index contributed by atoms with van der Waals surface area (Å²) in [4.78, 5) is 27.0. The molecule has 0 saturated carbocycles. The molecule has 0 unspecified atom stereocenters. The summed E-state index contributed by atoms with van der Waals surface area (Å²) in [7, 11) is 0. The second-order valence-corrected chi connectivity index (χ2v) is 6.02. The number of aromatic nitrogens is 1. The van der Waals surface area contributed by atoms with Crippen molar-refractivity contribution >= 4 is 22.7 Å². The van der Waals surface area contributed by atoms with E-state index in [0.717, 1.165) is 17.6 Å². The largest absolute Gasteiger partial charge is 0.359 e. The van der Waals surface area contributed by atoms with E-state index >= 15 is 0 Å². The van der Waals surface area contributed by atoms with Gasteiger partial charge >= 0.3 is 0 Å². The molecule has 0 saturated heterocycles. The Morgan fingerprint density at radius 2 is 1.80 bits per heavy atom. The lowest BCUT2D eigenvalue weighted by molar-refractivity contribution is -0.120. The van der Waals surface area contributed by atoms with Crippen LogP contribution in [-0.2, 0) is 11.2 Å². The average molecular weight is 335 g/mol. The van der Waals surface area contributed by atoms with Gasteiger partial charge in [-0.15, -0.1) is 0 Å². The maximum absolute atomic E-state index is 11.9. The van der Waals surface area contributed by atoms with E-state index in [4.69, 9.17) is 0 Å². The molecule has 2 aromatic carbocycles. The minimum Gasteiger partial charge on any atom is -0.359 e. The van der Waals surface area contributed by atoms with Crippen LogP contribution in [0, 0.1) is 6.92 Å². The lowest BCUT2D eigenvalue weighted by atomic mass is 10.1. The predicted octanol–water partition coefficient (Wildman–Crippen LogP) is 2.57. The lowest BCUT2D eigenvalue weighted by Gasteiger charge is -2.07. The third kappa shape index (κ3) is 4.47. The number of amides is 2. The molecule has 3 aromatic rings. The first-order valence-corrected chi connectivity index (χ1v) is 8.30. The maximum atomic E-state index is 11.9. The molecule has 25 heavy (non-hydrogen) atoms. The number of rotatable bonds is 6. The van der Waals surface area contributed by atoms with Crippen molar-refractivity contribution in [3.63, 3.8) is 0 Å². The molecule has 0 fully saturated rings. The van der Waals surface area contributed by atoms with Gasteiger partial charge in [0.1, 0.15) is 0 Å². The minimum atomic E-state index is -0.246. The Bertz CT molecular complexity index is 884. The van der Waals surface area contributed by atoms with Gasteiger partial charge in [-0.3, -0.25) is 9.59 Å². The van der Waals surface area contributed by atoms with Crippen LogP contribution in [0.1, 0.15) is 21.6 Å². The zero-order valence-electron chi connectivity index (χ0n) is 14.1.